The maximum absolute atomic E-state index is 9.90. The van der Waals surface area contributed by atoms with Gasteiger partial charge in [-0.3, -0.25) is 0 Å². The van der Waals surface area contributed by atoms with Crippen molar-refractivity contribution in [1.82, 2.24) is 0 Å². The lowest BCUT2D eigenvalue weighted by molar-refractivity contribution is 0.465. The molecule has 2 rings (SSSR count). The lowest BCUT2D eigenvalue weighted by atomic mass is 9.87. The predicted octanol–water partition coefficient (Wildman–Crippen LogP) is 2.43. The normalized spacial score (nSPS) is 15.1. The molecular weight excluding hydrogens is 210 g/mol. The van der Waals surface area contributed by atoms with Gasteiger partial charge in [0.25, 0.3) is 0 Å². The van der Waals surface area contributed by atoms with Crippen LogP contribution in [0.2, 0.25) is 5.02 Å². The molecule has 0 spiro atoms. The van der Waals surface area contributed by atoms with Crippen molar-refractivity contribution < 1.29 is 5.11 Å². The van der Waals surface area contributed by atoms with Crippen molar-refractivity contribution in [3.05, 3.63) is 27.8 Å². The third-order valence-corrected chi connectivity index (χ3v) is 3.37. The number of aromatic hydroxyl groups is 1. The Balaban J connectivity index is 2.52. The van der Waals surface area contributed by atoms with Crippen LogP contribution in [0.1, 0.15) is 29.5 Å². The summed E-state index contributed by atoms with van der Waals surface area (Å²) in [6.07, 6.45) is 5.26. The van der Waals surface area contributed by atoms with Crippen LogP contribution in [-0.4, -0.2) is 11.7 Å². The highest BCUT2D eigenvalue weighted by molar-refractivity contribution is 6.32. The van der Waals surface area contributed by atoms with Crippen LogP contribution in [0.25, 0.3) is 0 Å². The van der Waals surface area contributed by atoms with Crippen molar-refractivity contribution >= 4 is 11.6 Å². The number of halogens is 1. The molecule has 2 nitrogen and oxygen atoms in total. The Morgan fingerprint density at radius 1 is 1.33 bits per heavy atom. The molecule has 0 aromatic heterocycles. The standard InChI is InChI=1S/C12H16ClNO/c13-11-7-8-3-1-2-4-9(8)10(5-6-14)12(11)15/h7,15H,1-6,14H2. The average Bonchev–Trinajstić information content (AvgIpc) is 2.25. The van der Waals surface area contributed by atoms with E-state index in [1.54, 1.807) is 0 Å². The fourth-order valence-electron chi connectivity index (χ4n) is 2.35. The highest BCUT2D eigenvalue weighted by atomic mass is 35.5. The van der Waals surface area contributed by atoms with Crippen LogP contribution in [0.15, 0.2) is 6.07 Å². The molecule has 0 saturated heterocycles. The van der Waals surface area contributed by atoms with E-state index in [2.05, 4.69) is 0 Å². The van der Waals surface area contributed by atoms with Crippen LogP contribution in [-0.2, 0) is 19.3 Å². The van der Waals surface area contributed by atoms with Crippen LogP contribution >= 0.6 is 11.6 Å². The Morgan fingerprint density at radius 2 is 2.07 bits per heavy atom. The number of benzene rings is 1. The molecule has 1 aliphatic carbocycles. The molecule has 0 heterocycles. The van der Waals surface area contributed by atoms with E-state index in [4.69, 9.17) is 17.3 Å². The molecule has 0 fully saturated rings. The second kappa shape index (κ2) is 4.42. The summed E-state index contributed by atoms with van der Waals surface area (Å²) in [7, 11) is 0. The first-order chi connectivity index (χ1) is 7.24. The van der Waals surface area contributed by atoms with Gasteiger partial charge in [0.15, 0.2) is 0 Å². The van der Waals surface area contributed by atoms with Gasteiger partial charge in [-0.2, -0.15) is 0 Å². The van der Waals surface area contributed by atoms with Gasteiger partial charge in [0.05, 0.1) is 5.02 Å². The van der Waals surface area contributed by atoms with Gasteiger partial charge in [0.2, 0.25) is 0 Å². The number of phenols is 1. The van der Waals surface area contributed by atoms with Gasteiger partial charge < -0.3 is 10.8 Å². The predicted molar refractivity (Wildman–Crippen MR) is 62.5 cm³/mol. The number of phenolic OH excluding ortho intramolecular Hbond substituents is 1. The smallest absolute Gasteiger partial charge is 0.137 e. The molecule has 1 aliphatic rings. The maximum Gasteiger partial charge on any atom is 0.137 e. The minimum Gasteiger partial charge on any atom is -0.506 e. The molecule has 0 atom stereocenters. The number of rotatable bonds is 2. The van der Waals surface area contributed by atoms with E-state index >= 15 is 0 Å². The van der Waals surface area contributed by atoms with E-state index in [0.29, 0.717) is 18.0 Å². The van der Waals surface area contributed by atoms with E-state index in [-0.39, 0.29) is 5.75 Å². The lowest BCUT2D eigenvalue weighted by Crippen LogP contribution is -2.11. The molecule has 82 valence electrons. The molecule has 1 aromatic carbocycles. The van der Waals surface area contributed by atoms with Crippen LogP contribution in [0.3, 0.4) is 0 Å². The highest BCUT2D eigenvalue weighted by Gasteiger charge is 2.18. The lowest BCUT2D eigenvalue weighted by Gasteiger charge is -2.21. The summed E-state index contributed by atoms with van der Waals surface area (Å²) < 4.78 is 0. The first-order valence-electron chi connectivity index (χ1n) is 5.46. The van der Waals surface area contributed by atoms with Crippen LogP contribution < -0.4 is 5.73 Å². The summed E-state index contributed by atoms with van der Waals surface area (Å²) >= 11 is 6.00. The molecule has 0 bridgehead atoms. The first kappa shape index (κ1) is 10.8. The minimum atomic E-state index is 0.239. The van der Waals surface area contributed by atoms with Crippen LogP contribution in [0.4, 0.5) is 0 Å². The number of hydrogen-bond donors (Lipinski definition) is 2. The Morgan fingerprint density at radius 3 is 2.80 bits per heavy atom. The molecule has 3 heteroatoms. The molecule has 0 amide bonds. The number of nitrogens with two attached hydrogens (primary N) is 1. The second-order valence-corrected chi connectivity index (χ2v) is 4.48. The van der Waals surface area contributed by atoms with Gasteiger partial charge in [-0.05, 0) is 55.8 Å². The van der Waals surface area contributed by atoms with Gasteiger partial charge in [-0.1, -0.05) is 11.6 Å². The van der Waals surface area contributed by atoms with E-state index in [9.17, 15) is 5.11 Å². The largest absolute Gasteiger partial charge is 0.506 e. The van der Waals surface area contributed by atoms with Crippen molar-refractivity contribution in [3.8, 4) is 5.75 Å². The Bertz CT molecular complexity index is 376. The van der Waals surface area contributed by atoms with Crippen molar-refractivity contribution in [2.24, 2.45) is 5.73 Å². The summed E-state index contributed by atoms with van der Waals surface area (Å²) in [6, 6.07) is 1.91. The van der Waals surface area contributed by atoms with Crippen molar-refractivity contribution in [1.29, 1.82) is 0 Å². The zero-order valence-corrected chi connectivity index (χ0v) is 9.48. The molecule has 0 radical (unpaired) electrons. The first-order valence-corrected chi connectivity index (χ1v) is 5.84. The Kier molecular flexibility index (Phi) is 3.17. The quantitative estimate of drug-likeness (QED) is 0.812. The fourth-order valence-corrected chi connectivity index (χ4v) is 2.60. The Hall–Kier alpha value is -0.730. The minimum absolute atomic E-state index is 0.239. The van der Waals surface area contributed by atoms with Gasteiger partial charge in [-0.25, -0.2) is 0 Å². The van der Waals surface area contributed by atoms with E-state index in [1.807, 2.05) is 6.07 Å². The summed E-state index contributed by atoms with van der Waals surface area (Å²) in [4.78, 5) is 0. The summed E-state index contributed by atoms with van der Waals surface area (Å²) in [5.74, 6) is 0.239. The maximum atomic E-state index is 9.90. The van der Waals surface area contributed by atoms with Gasteiger partial charge in [0, 0.05) is 5.56 Å². The topological polar surface area (TPSA) is 46.2 Å². The molecule has 0 unspecified atom stereocenters. The number of hydrogen-bond acceptors (Lipinski definition) is 2. The summed E-state index contributed by atoms with van der Waals surface area (Å²) in [5, 5.41) is 10.4. The molecule has 3 N–H and O–H groups in total. The molecular formula is C12H16ClNO. The van der Waals surface area contributed by atoms with Crippen LogP contribution in [0.5, 0.6) is 5.75 Å². The SMILES string of the molecule is NCCc1c(O)c(Cl)cc2c1CCCC2. The molecule has 0 saturated carbocycles. The van der Waals surface area contributed by atoms with E-state index in [1.165, 1.54) is 24.0 Å². The summed E-state index contributed by atoms with van der Waals surface area (Å²) in [5.41, 5.74) is 9.11. The molecule has 15 heavy (non-hydrogen) atoms. The zero-order chi connectivity index (χ0) is 10.8. The number of fused-ring (bicyclic) bond motifs is 1. The van der Waals surface area contributed by atoms with Gasteiger partial charge in [0.1, 0.15) is 5.75 Å². The van der Waals surface area contributed by atoms with Gasteiger partial charge in [-0.15, -0.1) is 0 Å². The van der Waals surface area contributed by atoms with E-state index < -0.39 is 0 Å². The van der Waals surface area contributed by atoms with Crippen molar-refractivity contribution in [2.75, 3.05) is 6.54 Å². The Labute approximate surface area is 95.1 Å². The van der Waals surface area contributed by atoms with Gasteiger partial charge >= 0.3 is 0 Å². The van der Waals surface area contributed by atoms with E-state index in [0.717, 1.165) is 18.4 Å². The second-order valence-electron chi connectivity index (χ2n) is 4.07. The third-order valence-electron chi connectivity index (χ3n) is 3.08. The number of aryl methyl sites for hydroxylation is 1. The fraction of sp³-hybridized carbons (Fsp3) is 0.500. The highest BCUT2D eigenvalue weighted by Crippen LogP contribution is 2.36. The summed E-state index contributed by atoms with van der Waals surface area (Å²) in [6.45, 7) is 0.556. The third kappa shape index (κ3) is 1.97. The van der Waals surface area contributed by atoms with Crippen molar-refractivity contribution in [2.45, 2.75) is 32.1 Å². The molecule has 1 aromatic rings. The zero-order valence-electron chi connectivity index (χ0n) is 8.72. The average molecular weight is 226 g/mol. The van der Waals surface area contributed by atoms with Crippen molar-refractivity contribution in [3.63, 3.8) is 0 Å². The van der Waals surface area contributed by atoms with Crippen LogP contribution in [0, 0.1) is 0 Å². The monoisotopic (exact) mass is 225 g/mol. The molecule has 0 aliphatic heterocycles.